The van der Waals surface area contributed by atoms with Gasteiger partial charge in [-0.2, -0.15) is 10.6 Å². The van der Waals surface area contributed by atoms with Gasteiger partial charge in [0.25, 0.3) is 0 Å². The zero-order valence-electron chi connectivity index (χ0n) is 17.4. The zero-order valence-corrected chi connectivity index (χ0v) is 18.2. The molecule has 0 saturated heterocycles. The third-order valence-corrected chi connectivity index (χ3v) is 7.45. The molecule has 1 aromatic heterocycles. The van der Waals surface area contributed by atoms with Gasteiger partial charge in [-0.1, -0.05) is 29.8 Å². The van der Waals surface area contributed by atoms with Gasteiger partial charge < -0.3 is 16.4 Å². The molecule has 31 heavy (non-hydrogen) atoms. The molecule has 6 N–H and O–H groups in total. The molecule has 0 amide bonds. The van der Waals surface area contributed by atoms with Gasteiger partial charge in [0.15, 0.2) is 0 Å². The van der Waals surface area contributed by atoms with Gasteiger partial charge in [-0.3, -0.25) is 9.11 Å². The van der Waals surface area contributed by atoms with Crippen LogP contribution in [0, 0.1) is 6.92 Å². The predicted octanol–water partition coefficient (Wildman–Crippen LogP) is 3.75. The first-order chi connectivity index (χ1) is 14.8. The molecule has 0 fully saturated rings. The first-order valence-electron chi connectivity index (χ1n) is 10.3. The highest BCUT2D eigenvalue weighted by Gasteiger charge is 2.28. The third kappa shape index (κ3) is 4.51. The normalized spacial score (nSPS) is 18.8. The highest BCUT2D eigenvalue weighted by Crippen LogP contribution is 2.51. The van der Waals surface area contributed by atoms with Gasteiger partial charge in [0, 0.05) is 31.4 Å². The fraction of sp³-hybridized carbons (Fsp3) is 0.364. The minimum absolute atomic E-state index is 0.0688. The molecule has 4 rings (SSSR count). The van der Waals surface area contributed by atoms with Crippen molar-refractivity contribution < 1.29 is 13.5 Å². The number of anilines is 1. The Labute approximate surface area is 182 Å². The molecular formula is C22H28FN5O2S. The summed E-state index contributed by atoms with van der Waals surface area (Å²) in [4.78, 5) is 12.0. The monoisotopic (exact) mass is 445 g/mol. The van der Waals surface area contributed by atoms with Crippen LogP contribution >= 0.6 is 10.6 Å². The second-order valence-corrected chi connectivity index (χ2v) is 10.2. The summed E-state index contributed by atoms with van der Waals surface area (Å²) in [5.74, 6) is 0.623. The molecule has 166 valence electrons. The van der Waals surface area contributed by atoms with Gasteiger partial charge in [0.2, 0.25) is 5.95 Å². The lowest BCUT2D eigenvalue weighted by atomic mass is 10.0. The molecule has 0 bridgehead atoms. The molecule has 3 aromatic rings. The van der Waals surface area contributed by atoms with E-state index >= 15 is 0 Å². The molecule has 0 radical (unpaired) electrons. The SMILES string of the molecule is Cc1ccc2nc(N3CCS(O)(O)c4ccccc4C3)nc(C(N)CC(F)CN)c2c1. The molecule has 2 aromatic carbocycles. The summed E-state index contributed by atoms with van der Waals surface area (Å²) >= 11 is 0. The Balaban J connectivity index is 1.78. The number of rotatable bonds is 5. The van der Waals surface area contributed by atoms with E-state index in [9.17, 15) is 13.5 Å². The molecule has 9 heteroatoms. The number of aryl methyl sites for hydroxylation is 1. The van der Waals surface area contributed by atoms with E-state index in [2.05, 4.69) is 0 Å². The molecule has 2 heterocycles. The van der Waals surface area contributed by atoms with Crippen molar-refractivity contribution in [1.82, 2.24) is 9.97 Å². The molecule has 2 unspecified atom stereocenters. The molecule has 7 nitrogen and oxygen atoms in total. The van der Waals surface area contributed by atoms with Crippen molar-refractivity contribution in [3.8, 4) is 0 Å². The van der Waals surface area contributed by atoms with Gasteiger partial charge in [0.1, 0.15) is 6.17 Å². The number of fused-ring (bicyclic) bond motifs is 2. The summed E-state index contributed by atoms with van der Waals surface area (Å²) in [6, 6.07) is 12.5. The Morgan fingerprint density at radius 1 is 1.19 bits per heavy atom. The van der Waals surface area contributed by atoms with Crippen molar-refractivity contribution >= 4 is 27.4 Å². The van der Waals surface area contributed by atoms with Gasteiger partial charge in [0.05, 0.1) is 27.9 Å². The predicted molar refractivity (Wildman–Crippen MR) is 123 cm³/mol. The van der Waals surface area contributed by atoms with Crippen LogP contribution in [-0.2, 0) is 6.54 Å². The Bertz CT molecular complexity index is 1100. The summed E-state index contributed by atoms with van der Waals surface area (Å²) in [6.45, 7) is 2.69. The van der Waals surface area contributed by atoms with Crippen molar-refractivity contribution in [1.29, 1.82) is 0 Å². The number of nitrogens with zero attached hydrogens (tertiary/aromatic N) is 3. The van der Waals surface area contributed by atoms with Crippen LogP contribution in [0.1, 0.15) is 29.3 Å². The van der Waals surface area contributed by atoms with Crippen LogP contribution in [0.2, 0.25) is 0 Å². The lowest BCUT2D eigenvalue weighted by Gasteiger charge is -2.32. The van der Waals surface area contributed by atoms with Gasteiger partial charge in [-0.25, -0.2) is 14.4 Å². The van der Waals surface area contributed by atoms with Crippen molar-refractivity contribution in [3.63, 3.8) is 0 Å². The van der Waals surface area contributed by atoms with E-state index in [1.165, 1.54) is 0 Å². The number of nitrogens with two attached hydrogens (primary N) is 2. The molecule has 0 spiro atoms. The van der Waals surface area contributed by atoms with Crippen molar-refractivity contribution in [3.05, 3.63) is 59.3 Å². The minimum Gasteiger partial charge on any atom is -0.335 e. The topological polar surface area (TPSA) is 122 Å². The number of aromatic nitrogens is 2. The highest BCUT2D eigenvalue weighted by molar-refractivity contribution is 8.24. The summed E-state index contributed by atoms with van der Waals surface area (Å²) in [7, 11) is -2.90. The van der Waals surface area contributed by atoms with Crippen LogP contribution in [0.15, 0.2) is 47.4 Å². The van der Waals surface area contributed by atoms with Crippen LogP contribution < -0.4 is 16.4 Å². The van der Waals surface area contributed by atoms with E-state index in [1.54, 1.807) is 12.1 Å². The number of alkyl halides is 1. The molecule has 1 aliphatic heterocycles. The standard InChI is InChI=1S/C22H28FN5O2S/c1-14-6-7-19-17(10-14)21(18(25)11-16(23)12-24)27-22(26-19)28-8-9-31(29,30)20-5-3-2-4-15(20)13-28/h2-7,10,16,18,29-30H,8-9,11-13,24-25H2,1H3. The van der Waals surface area contributed by atoms with Crippen LogP contribution in [0.4, 0.5) is 10.3 Å². The van der Waals surface area contributed by atoms with Gasteiger partial charge >= 0.3 is 0 Å². The van der Waals surface area contributed by atoms with Crippen molar-refractivity contribution in [2.45, 2.75) is 37.0 Å². The van der Waals surface area contributed by atoms with E-state index in [-0.39, 0.29) is 18.7 Å². The number of hydrogen-bond acceptors (Lipinski definition) is 7. The van der Waals surface area contributed by atoms with Crippen molar-refractivity contribution in [2.75, 3.05) is 23.7 Å². The second kappa shape index (κ2) is 8.68. The van der Waals surface area contributed by atoms with Crippen LogP contribution in [0.3, 0.4) is 0 Å². The Morgan fingerprint density at radius 2 is 1.97 bits per heavy atom. The second-order valence-electron chi connectivity index (χ2n) is 8.00. The maximum atomic E-state index is 14.0. The van der Waals surface area contributed by atoms with Crippen molar-refractivity contribution in [2.24, 2.45) is 11.5 Å². The van der Waals surface area contributed by atoms with E-state index in [0.717, 1.165) is 16.5 Å². The minimum atomic E-state index is -2.90. The van der Waals surface area contributed by atoms with Crippen LogP contribution in [-0.4, -0.2) is 44.1 Å². The van der Waals surface area contributed by atoms with Crippen LogP contribution in [0.5, 0.6) is 0 Å². The largest absolute Gasteiger partial charge is 0.335 e. The van der Waals surface area contributed by atoms with Gasteiger partial charge in [-0.05, 0) is 30.7 Å². The average Bonchev–Trinajstić information content (AvgIpc) is 2.89. The van der Waals surface area contributed by atoms with Gasteiger partial charge in [-0.15, -0.1) is 0 Å². The Hall–Kier alpha value is -2.30. The highest BCUT2D eigenvalue weighted by atomic mass is 32.3. The Morgan fingerprint density at radius 3 is 2.74 bits per heavy atom. The molecule has 1 aliphatic rings. The summed E-state index contributed by atoms with van der Waals surface area (Å²) < 4.78 is 35.3. The summed E-state index contributed by atoms with van der Waals surface area (Å²) in [5, 5.41) is 0.792. The average molecular weight is 446 g/mol. The molecule has 0 aliphatic carbocycles. The van der Waals surface area contributed by atoms with E-state index in [0.29, 0.717) is 35.1 Å². The maximum absolute atomic E-state index is 14.0. The fourth-order valence-electron chi connectivity index (χ4n) is 3.92. The van der Waals surface area contributed by atoms with E-state index < -0.39 is 22.8 Å². The Kier molecular flexibility index (Phi) is 6.14. The lowest BCUT2D eigenvalue weighted by Crippen LogP contribution is -2.28. The molecular weight excluding hydrogens is 417 g/mol. The summed E-state index contributed by atoms with van der Waals surface area (Å²) in [6.07, 6.45) is -1.15. The van der Waals surface area contributed by atoms with Crippen LogP contribution in [0.25, 0.3) is 10.9 Å². The van der Waals surface area contributed by atoms with E-state index in [4.69, 9.17) is 21.4 Å². The van der Waals surface area contributed by atoms with E-state index in [1.807, 2.05) is 42.2 Å². The first kappa shape index (κ1) is 21.9. The summed E-state index contributed by atoms with van der Waals surface area (Å²) in [5.41, 5.74) is 15.0. The maximum Gasteiger partial charge on any atom is 0.226 e. The first-order valence-corrected chi connectivity index (χ1v) is 12.0. The number of halogens is 1. The third-order valence-electron chi connectivity index (χ3n) is 5.60. The molecule has 2 atom stereocenters. The lowest BCUT2D eigenvalue weighted by molar-refractivity contribution is 0.302. The fourth-order valence-corrected chi connectivity index (χ4v) is 5.46. The molecule has 0 saturated carbocycles. The number of hydrogen-bond donors (Lipinski definition) is 4. The zero-order chi connectivity index (χ0) is 22.2. The smallest absolute Gasteiger partial charge is 0.226 e. The number of benzene rings is 2. The quantitative estimate of drug-likeness (QED) is 0.472.